The van der Waals surface area contributed by atoms with Crippen LogP contribution in [0.15, 0.2) is 42.5 Å². The summed E-state index contributed by atoms with van der Waals surface area (Å²) in [5, 5.41) is 2.69. The molecule has 2 aliphatic rings. The Morgan fingerprint density at radius 3 is 2.52 bits per heavy atom. The third-order valence-electron chi connectivity index (χ3n) is 4.28. The molecule has 0 aromatic heterocycles. The molecule has 1 amide bonds. The Kier molecular flexibility index (Phi) is 5.24. The van der Waals surface area contributed by atoms with E-state index in [1.165, 1.54) is 13.0 Å². The summed E-state index contributed by atoms with van der Waals surface area (Å²) in [7, 11) is 0. The monoisotopic (exact) mass is 397 g/mol. The number of fused-ring (bicyclic) bond motifs is 2. The minimum atomic E-state index is -0.975. The van der Waals surface area contributed by atoms with Crippen LogP contribution < -0.4 is 24.3 Å². The Balaban J connectivity index is 1.31. The van der Waals surface area contributed by atoms with Crippen LogP contribution in [-0.2, 0) is 14.3 Å². The molecule has 1 N–H and O–H groups in total. The van der Waals surface area contributed by atoms with Crippen LogP contribution >= 0.6 is 0 Å². The molecule has 1 unspecified atom stereocenters. The quantitative estimate of drug-likeness (QED) is 0.613. The fourth-order valence-electron chi connectivity index (χ4n) is 2.81. The van der Waals surface area contributed by atoms with E-state index in [4.69, 9.17) is 23.7 Å². The SMILES string of the molecule is CC(OC(=O)/C=C/c1ccc2c(c1)OCO2)C(=O)Nc1ccc2c(c1)OCCO2. The van der Waals surface area contributed by atoms with E-state index < -0.39 is 18.0 Å². The highest BCUT2D eigenvalue weighted by Crippen LogP contribution is 2.33. The standard InChI is InChI=1S/C21H19NO7/c1-13(21(24)22-15-4-6-16-19(11-15)26-9-8-25-16)29-20(23)7-3-14-2-5-17-18(10-14)28-12-27-17/h2-7,10-11,13H,8-9,12H2,1H3,(H,22,24)/b7-3+. The summed E-state index contributed by atoms with van der Waals surface area (Å²) < 4.78 is 26.6. The van der Waals surface area contributed by atoms with Gasteiger partial charge in [0.1, 0.15) is 13.2 Å². The lowest BCUT2D eigenvalue weighted by molar-refractivity contribution is -0.148. The topological polar surface area (TPSA) is 92.3 Å². The first-order chi connectivity index (χ1) is 14.1. The number of hydrogen-bond acceptors (Lipinski definition) is 7. The zero-order chi connectivity index (χ0) is 20.2. The molecule has 150 valence electrons. The van der Waals surface area contributed by atoms with Crippen LogP contribution in [-0.4, -0.2) is 38.0 Å². The van der Waals surface area contributed by atoms with E-state index >= 15 is 0 Å². The predicted octanol–water partition coefficient (Wildman–Crippen LogP) is 2.77. The average Bonchev–Trinajstić information content (AvgIpc) is 3.20. The van der Waals surface area contributed by atoms with Crippen LogP contribution in [0.25, 0.3) is 6.08 Å². The van der Waals surface area contributed by atoms with Crippen LogP contribution in [0, 0.1) is 0 Å². The zero-order valence-electron chi connectivity index (χ0n) is 15.7. The fourth-order valence-corrected chi connectivity index (χ4v) is 2.81. The van der Waals surface area contributed by atoms with Crippen LogP contribution in [0.4, 0.5) is 5.69 Å². The lowest BCUT2D eigenvalue weighted by Gasteiger charge is -2.19. The molecule has 0 saturated heterocycles. The van der Waals surface area contributed by atoms with Gasteiger partial charge in [-0.05, 0) is 42.8 Å². The van der Waals surface area contributed by atoms with Crippen molar-refractivity contribution >= 4 is 23.6 Å². The number of hydrogen-bond donors (Lipinski definition) is 1. The van der Waals surface area contributed by atoms with Gasteiger partial charge in [0.15, 0.2) is 29.1 Å². The normalized spacial score (nSPS) is 15.1. The Labute approximate surface area is 167 Å². The average molecular weight is 397 g/mol. The van der Waals surface area contributed by atoms with E-state index in [0.717, 1.165) is 5.56 Å². The van der Waals surface area contributed by atoms with Gasteiger partial charge in [0.25, 0.3) is 5.91 Å². The van der Waals surface area contributed by atoms with E-state index in [1.54, 1.807) is 42.5 Å². The lowest BCUT2D eigenvalue weighted by Crippen LogP contribution is -2.29. The summed E-state index contributed by atoms with van der Waals surface area (Å²) in [6.45, 7) is 2.62. The maximum absolute atomic E-state index is 12.3. The second-order valence-corrected chi connectivity index (χ2v) is 6.37. The number of benzene rings is 2. The van der Waals surface area contributed by atoms with Gasteiger partial charge in [-0.1, -0.05) is 6.07 Å². The number of nitrogens with one attached hydrogen (secondary N) is 1. The first kappa shape index (κ1) is 18.7. The van der Waals surface area contributed by atoms with Gasteiger partial charge in [-0.2, -0.15) is 0 Å². The number of carbonyl (C=O) groups is 2. The van der Waals surface area contributed by atoms with E-state index in [1.807, 2.05) is 0 Å². The van der Waals surface area contributed by atoms with E-state index in [9.17, 15) is 9.59 Å². The van der Waals surface area contributed by atoms with Crippen LogP contribution in [0.1, 0.15) is 12.5 Å². The van der Waals surface area contributed by atoms with E-state index in [2.05, 4.69) is 5.32 Å². The molecule has 0 saturated carbocycles. The molecular formula is C21H19NO7. The van der Waals surface area contributed by atoms with Crippen molar-refractivity contribution in [2.24, 2.45) is 0 Å². The maximum Gasteiger partial charge on any atom is 0.331 e. The molecule has 4 rings (SSSR count). The number of esters is 1. The summed E-state index contributed by atoms with van der Waals surface area (Å²) in [4.78, 5) is 24.3. The number of amides is 1. The molecule has 0 fully saturated rings. The number of rotatable bonds is 5. The molecule has 1 atom stereocenters. The molecule has 0 bridgehead atoms. The van der Waals surface area contributed by atoms with Gasteiger partial charge in [0.2, 0.25) is 6.79 Å². The summed E-state index contributed by atoms with van der Waals surface area (Å²) in [5.74, 6) is 1.38. The van der Waals surface area contributed by atoms with Crippen LogP contribution in [0.3, 0.4) is 0 Å². The second-order valence-electron chi connectivity index (χ2n) is 6.37. The molecule has 2 aromatic carbocycles. The Hall–Kier alpha value is -3.68. The van der Waals surface area contributed by atoms with E-state index in [0.29, 0.717) is 41.9 Å². The number of carbonyl (C=O) groups excluding carboxylic acids is 2. The minimum Gasteiger partial charge on any atom is -0.486 e. The molecule has 0 radical (unpaired) electrons. The molecule has 0 spiro atoms. The summed E-state index contributed by atoms with van der Waals surface area (Å²) in [6.07, 6.45) is 1.86. The van der Waals surface area contributed by atoms with Gasteiger partial charge in [0, 0.05) is 17.8 Å². The van der Waals surface area contributed by atoms with Crippen molar-refractivity contribution in [2.75, 3.05) is 25.3 Å². The molecular weight excluding hydrogens is 378 g/mol. The van der Waals surface area contributed by atoms with Crippen molar-refractivity contribution in [3.63, 3.8) is 0 Å². The highest BCUT2D eigenvalue weighted by atomic mass is 16.7. The summed E-state index contributed by atoms with van der Waals surface area (Å²) >= 11 is 0. The lowest BCUT2D eigenvalue weighted by atomic mass is 10.2. The summed E-state index contributed by atoms with van der Waals surface area (Å²) in [5.41, 5.74) is 1.28. The van der Waals surface area contributed by atoms with Gasteiger partial charge in [0.05, 0.1) is 0 Å². The third kappa shape index (κ3) is 4.43. The van der Waals surface area contributed by atoms with Gasteiger partial charge in [-0.25, -0.2) is 4.79 Å². The van der Waals surface area contributed by atoms with Crippen molar-refractivity contribution in [1.29, 1.82) is 0 Å². The molecule has 8 heteroatoms. The molecule has 0 aliphatic carbocycles. The Morgan fingerprint density at radius 1 is 0.966 bits per heavy atom. The predicted molar refractivity (Wildman–Crippen MR) is 103 cm³/mol. The smallest absolute Gasteiger partial charge is 0.331 e. The highest BCUT2D eigenvalue weighted by Gasteiger charge is 2.19. The third-order valence-corrected chi connectivity index (χ3v) is 4.28. The first-order valence-corrected chi connectivity index (χ1v) is 9.07. The second kappa shape index (κ2) is 8.14. The van der Waals surface area contributed by atoms with Gasteiger partial charge in [-0.3, -0.25) is 4.79 Å². The largest absolute Gasteiger partial charge is 0.486 e. The van der Waals surface area contributed by atoms with Crippen LogP contribution in [0.2, 0.25) is 0 Å². The van der Waals surface area contributed by atoms with Crippen molar-refractivity contribution in [3.05, 3.63) is 48.0 Å². The number of anilines is 1. The molecule has 2 aliphatic heterocycles. The van der Waals surface area contributed by atoms with Crippen molar-refractivity contribution < 1.29 is 33.3 Å². The van der Waals surface area contributed by atoms with Crippen molar-refractivity contribution in [2.45, 2.75) is 13.0 Å². The summed E-state index contributed by atoms with van der Waals surface area (Å²) in [6, 6.07) is 10.4. The van der Waals surface area contributed by atoms with Crippen LogP contribution in [0.5, 0.6) is 23.0 Å². The Morgan fingerprint density at radius 2 is 1.66 bits per heavy atom. The van der Waals surface area contributed by atoms with E-state index in [-0.39, 0.29) is 6.79 Å². The van der Waals surface area contributed by atoms with Crippen molar-refractivity contribution in [3.8, 4) is 23.0 Å². The molecule has 2 aromatic rings. The first-order valence-electron chi connectivity index (χ1n) is 9.07. The van der Waals surface area contributed by atoms with Gasteiger partial charge >= 0.3 is 5.97 Å². The van der Waals surface area contributed by atoms with Gasteiger partial charge < -0.3 is 29.0 Å². The molecule has 8 nitrogen and oxygen atoms in total. The maximum atomic E-state index is 12.3. The van der Waals surface area contributed by atoms with Gasteiger partial charge in [-0.15, -0.1) is 0 Å². The minimum absolute atomic E-state index is 0.181. The van der Waals surface area contributed by atoms with Crippen molar-refractivity contribution in [1.82, 2.24) is 0 Å². The zero-order valence-corrected chi connectivity index (χ0v) is 15.7. The molecule has 29 heavy (non-hydrogen) atoms. The number of ether oxygens (including phenoxy) is 5. The highest BCUT2D eigenvalue weighted by molar-refractivity contribution is 5.96. The Bertz CT molecular complexity index is 969. The fraction of sp³-hybridized carbons (Fsp3) is 0.238. The molecule has 2 heterocycles.